The Balaban J connectivity index is 0.994. The van der Waals surface area contributed by atoms with Gasteiger partial charge in [0.05, 0.1) is 46.3 Å². The molecule has 682 valence electrons. The highest BCUT2D eigenvalue weighted by Gasteiger charge is 2.52. The highest BCUT2D eigenvalue weighted by molar-refractivity contribution is 6.32. The highest BCUT2D eigenvalue weighted by atomic mass is 35.5. The van der Waals surface area contributed by atoms with Gasteiger partial charge in [-0.3, -0.25) is 57.4 Å². The number of aromatic hydroxyl groups is 3. The molecule has 2 fully saturated rings. The molecule has 8 heterocycles. The third-order valence-electron chi connectivity index (χ3n) is 21.5. The van der Waals surface area contributed by atoms with E-state index in [0.29, 0.717) is 5.56 Å². The number of nitrogens with one attached hydrogen (secondary N) is 10. The Morgan fingerprint density at radius 2 is 1.38 bits per heavy atom. The number of carbonyl (C=O) groups excluding carboxylic acids is 10. The summed E-state index contributed by atoms with van der Waals surface area (Å²) in [5, 5.41) is 129. The van der Waals surface area contributed by atoms with Gasteiger partial charge in [0.25, 0.3) is 5.91 Å². The number of rotatable bonds is 23. The fourth-order valence-corrected chi connectivity index (χ4v) is 15.6. The zero-order valence-corrected chi connectivity index (χ0v) is 70.6. The average Bonchev–Trinajstić information content (AvgIpc) is 0.755. The summed E-state index contributed by atoms with van der Waals surface area (Å²) in [6.45, 7) is 4.47. The van der Waals surface area contributed by atoms with E-state index in [0.717, 1.165) is 84.9 Å². The Bertz CT molecular complexity index is 5560. The van der Waals surface area contributed by atoms with Crippen LogP contribution in [-0.4, -0.2) is 220 Å². The summed E-state index contributed by atoms with van der Waals surface area (Å²) in [5.74, 6) is -18.9. The highest BCUT2D eigenvalue weighted by Crippen LogP contribution is 2.50. The summed E-state index contributed by atoms with van der Waals surface area (Å²) in [6, 6.07) is 3.81. The van der Waals surface area contributed by atoms with Crippen molar-refractivity contribution in [3.8, 4) is 57.1 Å². The second kappa shape index (κ2) is 40.4. The predicted octanol–water partition coefficient (Wildman–Crippen LogP) is 0.887. The van der Waals surface area contributed by atoms with Crippen molar-refractivity contribution in [1.82, 2.24) is 57.6 Å². The van der Waals surface area contributed by atoms with Crippen molar-refractivity contribution in [3.05, 3.63) is 180 Å². The number of phenols is 3. The first-order valence-corrected chi connectivity index (χ1v) is 40.7. The van der Waals surface area contributed by atoms with Crippen LogP contribution in [0.3, 0.4) is 0 Å². The topological polar surface area (TPSA) is 625 Å². The normalized spacial score (nSPS) is 25.6. The van der Waals surface area contributed by atoms with Crippen LogP contribution < -0.4 is 84.7 Å². The molecule has 0 spiro atoms. The fourth-order valence-electron chi connectivity index (χ4n) is 15.0. The number of carbonyl (C=O) groups is 10. The van der Waals surface area contributed by atoms with Crippen molar-refractivity contribution in [1.29, 1.82) is 0 Å². The molecule has 6 aromatic carbocycles. The maximum absolute atomic E-state index is 16.3. The molecule has 14 rings (SSSR count). The van der Waals surface area contributed by atoms with Gasteiger partial charge in [-0.1, -0.05) is 72.9 Å². The molecule has 128 heavy (non-hydrogen) atoms. The van der Waals surface area contributed by atoms with Crippen LogP contribution in [0.1, 0.15) is 111 Å². The van der Waals surface area contributed by atoms with Crippen LogP contribution in [0.25, 0.3) is 17.2 Å². The zero-order valence-electron chi connectivity index (χ0n) is 68.3. The Labute approximate surface area is 740 Å². The van der Waals surface area contributed by atoms with Crippen LogP contribution in [0.15, 0.2) is 120 Å². The molecule has 23 N–H and O–H groups in total. The second-order valence-electron chi connectivity index (χ2n) is 31.2. The molecule has 1 aromatic heterocycles. The van der Waals surface area contributed by atoms with Crippen LogP contribution in [0.2, 0.25) is 15.1 Å². The lowest BCUT2D eigenvalue weighted by atomic mass is 9.85. The summed E-state index contributed by atoms with van der Waals surface area (Å²) in [7, 11) is 1.46. The third-order valence-corrected chi connectivity index (χ3v) is 22.4. The minimum atomic E-state index is -2.43. The number of amides is 10. The van der Waals surface area contributed by atoms with Gasteiger partial charge >= 0.3 is 5.69 Å². The molecule has 11 bridgehead atoms. The van der Waals surface area contributed by atoms with E-state index >= 15 is 24.0 Å². The molecule has 18 atom stereocenters. The number of ether oxygens (including phenoxy) is 6. The number of aromatic nitrogens is 2. The number of nitrogens with two attached hydrogens (primary N) is 2. The molecule has 45 heteroatoms. The van der Waals surface area contributed by atoms with E-state index in [2.05, 4.69) is 52.8 Å². The first-order valence-electron chi connectivity index (χ1n) is 39.6. The lowest BCUT2D eigenvalue weighted by Crippen LogP contribution is -2.65. The van der Waals surface area contributed by atoms with Crippen molar-refractivity contribution in [2.75, 3.05) is 32.1 Å². The summed E-state index contributed by atoms with van der Waals surface area (Å²) >= 11 is 20.2. The van der Waals surface area contributed by atoms with Crippen LogP contribution in [0.4, 0.5) is 10.2 Å². The molecule has 0 radical (unpaired) electrons. The molecular weight excluding hydrogens is 1750 g/mol. The summed E-state index contributed by atoms with van der Waals surface area (Å²) in [5.41, 5.74) is 8.04. The average molecular weight is 1840 g/mol. The summed E-state index contributed by atoms with van der Waals surface area (Å²) in [4.78, 5) is 167. The van der Waals surface area contributed by atoms with Gasteiger partial charge in [-0.2, -0.15) is 4.98 Å². The SMILES string of the molecule is CNC(CC(C)C)C(=O)NC1C(=O)NC(CC(N)=O)C(=O)NC2C(=O)NC3C(=O)NC(C(=O)NC(C(=O)NOCC(N)=O)c4cc(O)cc(O)c4-c4cc3ccc4O)C(O)c3ccc(c(Cl)c3)Oc3cc2cc(c3OC2OC(CO)C(O)C(O)C2OC2CC(C)(NCCn3ccc(NC(=O)/C=C/c4ccc(F)c(Cl)c4)nc3=O)C(O)C(C)O2)Oc2ccc(cc2Cl)C1O. The fraction of sp³-hybridized carbons (Fsp3) is 0.373. The van der Waals surface area contributed by atoms with Crippen molar-refractivity contribution in [2.24, 2.45) is 17.4 Å². The van der Waals surface area contributed by atoms with Crippen molar-refractivity contribution in [3.63, 3.8) is 0 Å². The quantitative estimate of drug-likeness (QED) is 0.0312. The number of benzene rings is 6. The number of primary amides is 2. The predicted molar refractivity (Wildman–Crippen MR) is 446 cm³/mol. The number of nitrogens with zero attached hydrogens (tertiary/aromatic N) is 2. The van der Waals surface area contributed by atoms with Gasteiger partial charge in [0.15, 0.2) is 30.5 Å². The van der Waals surface area contributed by atoms with E-state index in [1.54, 1.807) is 20.8 Å². The number of fused-ring (bicyclic) bond motifs is 15. The summed E-state index contributed by atoms with van der Waals surface area (Å²) in [6.07, 6.45) is -16.1. The Morgan fingerprint density at radius 1 is 0.719 bits per heavy atom. The molecular formula is C83H90Cl3FN14O27. The molecule has 10 amide bonds. The summed E-state index contributed by atoms with van der Waals surface area (Å²) < 4.78 is 54.2. The third kappa shape index (κ3) is 21.8. The van der Waals surface area contributed by atoms with Crippen LogP contribution in [0, 0.1) is 11.7 Å². The molecule has 41 nitrogen and oxygen atoms in total. The first kappa shape index (κ1) is 94.9. The Hall–Kier alpha value is -12.2. The van der Waals surface area contributed by atoms with Gasteiger partial charge in [-0.25, -0.2) is 14.7 Å². The Kier molecular flexibility index (Phi) is 29.9. The van der Waals surface area contributed by atoms with Crippen LogP contribution in [0.5, 0.6) is 46.0 Å². The van der Waals surface area contributed by atoms with Gasteiger partial charge in [0.1, 0.15) is 107 Å². The molecule has 7 aromatic rings. The van der Waals surface area contributed by atoms with E-state index in [1.165, 1.54) is 55.1 Å². The number of phenolic OH excluding ortho intramolecular Hbond substituents is 3. The zero-order chi connectivity index (χ0) is 92.8. The van der Waals surface area contributed by atoms with Gasteiger partial charge < -0.3 is 134 Å². The maximum atomic E-state index is 16.3. The molecule has 0 aliphatic carbocycles. The smallest absolute Gasteiger partial charge is 0.349 e. The molecule has 7 aliphatic rings. The van der Waals surface area contributed by atoms with E-state index in [4.69, 9.17) is 79.5 Å². The standard InChI is InChI=1S/C83H90Cl3FN14O27/c1-33(2)20-47(90-5)74(114)98-65-67(109)37-9-13-51(44(85)23-37)124-53-25-39-26-54(71(53)128-81-72(70(112)69(111)55(31-102)126-81)127-60-30-83(4,73(113)34(3)123-60)91-17-19-101-18-16-58(94-82(101)121)93-59(108)15-7-35-6-11-46(87)43(84)21-35)125-52-14-10-38(24-45(52)86)68(110)66-79(119)97-64(80(120)100-122-32-57(89)107)42-27-40(103)28-50(105)61(42)41-22-36(8-12-49(41)104)62(76(116)99-66)96-77(117)63(39)95-75(115)48(29-56(88)106)92-78(65)118/h6-16,18,21-28,33-34,47-48,55,60,62-70,72-73,81,90-91,102-105,109-113H,17,19-20,29-32H2,1-5H3,(H2,88,106)(H2,89,107)(H,92,118)(H,95,115)(H,96,117)(H,97,119)(H,98,114)(H,99,116)(H,100,120)(H,93,94,108,121)/b15-7+. The molecule has 0 saturated carbocycles. The van der Waals surface area contributed by atoms with Gasteiger partial charge in [0.2, 0.25) is 65.2 Å². The number of halogens is 4. The molecule has 18 unspecified atom stereocenters. The largest absolute Gasteiger partial charge is 0.508 e. The number of aliphatic hydroxyl groups excluding tert-OH is 6. The van der Waals surface area contributed by atoms with Crippen LogP contribution in [-0.2, 0) is 73.5 Å². The minimum Gasteiger partial charge on any atom is -0.508 e. The lowest BCUT2D eigenvalue weighted by Gasteiger charge is -2.48. The van der Waals surface area contributed by atoms with Crippen molar-refractivity contribution >= 4 is 106 Å². The first-order chi connectivity index (χ1) is 60.7. The van der Waals surface area contributed by atoms with E-state index in [1.807, 2.05) is 5.48 Å². The van der Waals surface area contributed by atoms with E-state index in [-0.39, 0.29) is 53.8 Å². The minimum absolute atomic E-state index is 0.0722. The monoisotopic (exact) mass is 1840 g/mol. The molecule has 2 saturated heterocycles. The van der Waals surface area contributed by atoms with Gasteiger partial charge in [-0.05, 0) is 145 Å². The van der Waals surface area contributed by atoms with Crippen molar-refractivity contribution in [2.45, 2.75) is 163 Å². The van der Waals surface area contributed by atoms with E-state index < -0.39 is 283 Å². The number of likely N-dealkylation sites (N-methyl/N-ethyl adjacent to an activating group) is 1. The van der Waals surface area contributed by atoms with Gasteiger partial charge in [-0.15, -0.1) is 0 Å². The second-order valence-corrected chi connectivity index (χ2v) is 32.4. The number of anilines is 1. The Morgan fingerprint density at radius 3 is 2.01 bits per heavy atom. The number of hydrogen-bond donors (Lipinski definition) is 21. The molecule has 7 aliphatic heterocycles. The lowest BCUT2D eigenvalue weighted by molar-refractivity contribution is -0.334. The van der Waals surface area contributed by atoms with E-state index in [9.17, 15) is 79.1 Å². The maximum Gasteiger partial charge on any atom is 0.349 e. The van der Waals surface area contributed by atoms with Crippen LogP contribution >= 0.6 is 34.8 Å². The number of hydrogen-bond acceptors (Lipinski definition) is 30. The number of hydroxylamine groups is 1. The van der Waals surface area contributed by atoms with Crippen molar-refractivity contribution < 1.29 is 132 Å². The number of aliphatic hydroxyl groups is 6. The van der Waals surface area contributed by atoms with Gasteiger partial charge in [0, 0.05) is 54.5 Å².